The predicted molar refractivity (Wildman–Crippen MR) is 123 cm³/mol. The van der Waals surface area contributed by atoms with Gasteiger partial charge < -0.3 is 23.7 Å². The lowest BCUT2D eigenvalue weighted by atomic mass is 9.41. The van der Waals surface area contributed by atoms with Gasteiger partial charge in [0.2, 0.25) is 0 Å². The summed E-state index contributed by atoms with van der Waals surface area (Å²) < 4.78 is 23.3. The molecule has 2 saturated carbocycles. The van der Waals surface area contributed by atoms with E-state index in [2.05, 4.69) is 6.58 Å². The van der Waals surface area contributed by atoms with Crippen molar-refractivity contribution in [3.05, 3.63) is 36.3 Å². The monoisotopic (exact) mass is 486 g/mol. The summed E-state index contributed by atoms with van der Waals surface area (Å²) in [6.45, 7) is 12.1. The first-order chi connectivity index (χ1) is 16.3. The van der Waals surface area contributed by atoms with Gasteiger partial charge in [0.05, 0.1) is 25.9 Å². The first-order valence-electron chi connectivity index (χ1n) is 12.2. The van der Waals surface area contributed by atoms with Crippen molar-refractivity contribution in [1.29, 1.82) is 0 Å². The van der Waals surface area contributed by atoms with Gasteiger partial charge in [0.15, 0.2) is 12.2 Å². The van der Waals surface area contributed by atoms with Crippen LogP contribution >= 0.6 is 0 Å². The maximum atomic E-state index is 13.4. The van der Waals surface area contributed by atoms with Crippen molar-refractivity contribution < 1.29 is 38.1 Å². The van der Waals surface area contributed by atoms with Gasteiger partial charge in [-0.2, -0.15) is 0 Å². The molecule has 2 aliphatic carbocycles. The zero-order valence-corrected chi connectivity index (χ0v) is 21.0. The summed E-state index contributed by atoms with van der Waals surface area (Å²) in [5, 5.41) is 11.2. The van der Waals surface area contributed by atoms with Gasteiger partial charge in [0, 0.05) is 28.6 Å². The fraction of sp³-hybridized carbons (Fsp3) is 0.667. The molecule has 2 saturated heterocycles. The second kappa shape index (κ2) is 7.53. The number of esters is 2. The van der Waals surface area contributed by atoms with Crippen LogP contribution < -0.4 is 0 Å². The predicted octanol–water partition coefficient (Wildman–Crippen LogP) is 3.53. The Hall–Kier alpha value is -2.45. The van der Waals surface area contributed by atoms with Crippen molar-refractivity contribution in [2.75, 3.05) is 7.11 Å². The number of cyclic esters (lactones) is 1. The quantitative estimate of drug-likeness (QED) is 0.510. The van der Waals surface area contributed by atoms with Gasteiger partial charge in [-0.3, -0.25) is 9.59 Å². The molecule has 2 bridgehead atoms. The van der Waals surface area contributed by atoms with E-state index in [1.807, 2.05) is 13.8 Å². The molecule has 8 atom stereocenters. The summed E-state index contributed by atoms with van der Waals surface area (Å²) in [5.41, 5.74) is -2.74. The smallest absolute Gasteiger partial charge is 0.335 e. The van der Waals surface area contributed by atoms with Crippen molar-refractivity contribution in [3.8, 4) is 0 Å². The zero-order valence-electron chi connectivity index (χ0n) is 21.0. The van der Waals surface area contributed by atoms with Crippen molar-refractivity contribution in [1.82, 2.24) is 0 Å². The Labute approximate surface area is 205 Å². The number of ketones is 1. The Morgan fingerprint density at radius 1 is 1.26 bits per heavy atom. The average molecular weight is 487 g/mol. The lowest BCUT2D eigenvalue weighted by Crippen LogP contribution is -2.74. The Kier molecular flexibility index (Phi) is 5.22. The zero-order chi connectivity index (χ0) is 25.6. The topological polar surface area (TPSA) is 112 Å². The number of rotatable bonds is 3. The minimum atomic E-state index is -1.50. The van der Waals surface area contributed by atoms with Crippen LogP contribution in [0, 0.1) is 28.1 Å². The Morgan fingerprint density at radius 3 is 2.60 bits per heavy atom. The third-order valence-electron chi connectivity index (χ3n) is 9.92. The number of aliphatic hydroxyl groups excluding tert-OH is 1. The number of carbonyl (C=O) groups excluding carboxylic acids is 3. The van der Waals surface area contributed by atoms with Gasteiger partial charge in [-0.15, -0.1) is 0 Å². The summed E-state index contributed by atoms with van der Waals surface area (Å²) in [4.78, 5) is 38.9. The third kappa shape index (κ3) is 2.90. The number of methoxy groups -OCH3 is 1. The van der Waals surface area contributed by atoms with E-state index < -0.39 is 58.0 Å². The van der Waals surface area contributed by atoms with E-state index in [9.17, 15) is 19.5 Å². The standard InChI is InChI=1S/C27H34O8/c1-14-15-9-10-25(4)22(16-8-7-11-33-16)34-19(29)13-27(14,25)35-18-12-17(28)24(2,3)21(26(15,18)5)20(30)23(31)32-6/h7-8,11,15,18,20-22,30H,1,9-10,12-13H2,2-6H3/t15-,18-,20?,21-,22+,25-,26-,27+/m0/s1. The van der Waals surface area contributed by atoms with Crippen LogP contribution in [-0.2, 0) is 28.6 Å². The molecule has 1 aromatic rings. The second-order valence-electron chi connectivity index (χ2n) is 11.7. The largest absolute Gasteiger partial charge is 0.467 e. The lowest BCUT2D eigenvalue weighted by molar-refractivity contribution is -0.304. The molecular formula is C27H34O8. The number of ether oxygens (including phenoxy) is 3. The van der Waals surface area contributed by atoms with Gasteiger partial charge >= 0.3 is 11.9 Å². The molecule has 1 unspecified atom stereocenters. The van der Waals surface area contributed by atoms with E-state index >= 15 is 0 Å². The van der Waals surface area contributed by atoms with Crippen molar-refractivity contribution in [2.45, 2.75) is 77.3 Å². The van der Waals surface area contributed by atoms with Gasteiger partial charge in [0.1, 0.15) is 17.1 Å². The van der Waals surface area contributed by atoms with E-state index in [1.54, 1.807) is 32.2 Å². The van der Waals surface area contributed by atoms with Crippen molar-refractivity contribution >= 4 is 17.7 Å². The molecule has 35 heavy (non-hydrogen) atoms. The number of fused-ring (bicyclic) bond motifs is 3. The highest BCUT2D eigenvalue weighted by atomic mass is 16.6. The van der Waals surface area contributed by atoms with Crippen LogP contribution in [0.4, 0.5) is 0 Å². The fourth-order valence-corrected chi connectivity index (χ4v) is 8.03. The average Bonchev–Trinajstić information content (AvgIpc) is 3.32. The molecule has 190 valence electrons. The van der Waals surface area contributed by atoms with Crippen LogP contribution in [-0.4, -0.2) is 47.7 Å². The SMILES string of the molecule is C=C1[C@@H]2CC[C@@]3(C)[C@@H](c4ccco4)OC(=O)C[C@@]13O[C@H]1CC(=O)C(C)(C)[C@H](C(O)C(=O)OC)[C@]12C. The van der Waals surface area contributed by atoms with Crippen LogP contribution in [0.25, 0.3) is 0 Å². The lowest BCUT2D eigenvalue weighted by Gasteiger charge is -2.70. The van der Waals surface area contributed by atoms with E-state index in [1.165, 1.54) is 7.11 Å². The molecule has 0 radical (unpaired) electrons. The molecule has 4 aliphatic rings. The molecule has 8 heteroatoms. The Bertz CT molecular complexity index is 1090. The molecule has 0 amide bonds. The summed E-state index contributed by atoms with van der Waals surface area (Å²) in [6.07, 6.45) is 0.203. The highest BCUT2D eigenvalue weighted by Gasteiger charge is 2.74. The molecular weight excluding hydrogens is 452 g/mol. The summed E-state index contributed by atoms with van der Waals surface area (Å²) in [5.74, 6) is -1.69. The Morgan fingerprint density at radius 2 is 1.97 bits per heavy atom. The van der Waals surface area contributed by atoms with Gasteiger partial charge in [0.25, 0.3) is 0 Å². The molecule has 0 aromatic carbocycles. The van der Waals surface area contributed by atoms with Crippen LogP contribution in [0.1, 0.15) is 65.2 Å². The fourth-order valence-electron chi connectivity index (χ4n) is 8.03. The minimum Gasteiger partial charge on any atom is -0.467 e. The van der Waals surface area contributed by atoms with Gasteiger partial charge in [-0.25, -0.2) is 4.79 Å². The van der Waals surface area contributed by atoms with E-state index in [0.717, 1.165) is 5.57 Å². The normalized spacial score (nSPS) is 43.0. The van der Waals surface area contributed by atoms with E-state index in [0.29, 0.717) is 18.6 Å². The van der Waals surface area contributed by atoms with Gasteiger partial charge in [-0.05, 0) is 36.5 Å². The summed E-state index contributed by atoms with van der Waals surface area (Å²) in [6, 6.07) is 3.55. The van der Waals surface area contributed by atoms with E-state index in [4.69, 9.17) is 18.6 Å². The van der Waals surface area contributed by atoms with Crippen LogP contribution in [0.15, 0.2) is 35.0 Å². The number of hydrogen-bond donors (Lipinski definition) is 1. The van der Waals surface area contributed by atoms with Crippen LogP contribution in [0.2, 0.25) is 0 Å². The number of carbonyl (C=O) groups is 3. The first kappa shape index (κ1) is 24.3. The minimum absolute atomic E-state index is 0.00950. The molecule has 2 aliphatic heterocycles. The Balaban J connectivity index is 1.65. The molecule has 4 fully saturated rings. The highest BCUT2D eigenvalue weighted by Crippen LogP contribution is 2.71. The number of furan rings is 1. The number of aliphatic hydroxyl groups is 1. The van der Waals surface area contributed by atoms with E-state index in [-0.39, 0.29) is 24.5 Å². The molecule has 1 spiro atoms. The van der Waals surface area contributed by atoms with Gasteiger partial charge in [-0.1, -0.05) is 34.3 Å². The molecule has 8 nitrogen and oxygen atoms in total. The summed E-state index contributed by atoms with van der Waals surface area (Å²) >= 11 is 0. The molecule has 1 N–H and O–H groups in total. The maximum absolute atomic E-state index is 13.4. The molecule has 3 heterocycles. The van der Waals surface area contributed by atoms with Crippen molar-refractivity contribution in [2.24, 2.45) is 28.1 Å². The third-order valence-corrected chi connectivity index (χ3v) is 9.92. The molecule has 5 rings (SSSR count). The number of Topliss-reactive ketones (excluding diaryl/α,β-unsaturated/α-hetero) is 1. The van der Waals surface area contributed by atoms with Crippen LogP contribution in [0.5, 0.6) is 0 Å². The summed E-state index contributed by atoms with van der Waals surface area (Å²) in [7, 11) is 1.22. The molecule has 1 aromatic heterocycles. The second-order valence-corrected chi connectivity index (χ2v) is 11.7. The van der Waals surface area contributed by atoms with Crippen LogP contribution in [0.3, 0.4) is 0 Å². The highest BCUT2D eigenvalue weighted by molar-refractivity contribution is 5.88. The number of hydrogen-bond acceptors (Lipinski definition) is 8. The first-order valence-corrected chi connectivity index (χ1v) is 12.2. The maximum Gasteiger partial charge on any atom is 0.335 e. The van der Waals surface area contributed by atoms with Crippen molar-refractivity contribution in [3.63, 3.8) is 0 Å².